The maximum absolute atomic E-state index is 12.6. The van der Waals surface area contributed by atoms with Crippen molar-refractivity contribution in [2.45, 2.75) is 6.04 Å². The predicted molar refractivity (Wildman–Crippen MR) is 109 cm³/mol. The zero-order valence-electron chi connectivity index (χ0n) is 14.8. The van der Waals surface area contributed by atoms with Gasteiger partial charge in [0.25, 0.3) is 5.91 Å². The van der Waals surface area contributed by atoms with E-state index >= 15 is 0 Å². The van der Waals surface area contributed by atoms with Gasteiger partial charge in [0.05, 0.1) is 19.3 Å². The summed E-state index contributed by atoms with van der Waals surface area (Å²) in [5.41, 5.74) is 1.51. The number of carbonyl (C=O) groups is 1. The first-order valence-electron chi connectivity index (χ1n) is 8.95. The minimum absolute atomic E-state index is 0.122. The minimum Gasteiger partial charge on any atom is -0.379 e. The molecule has 1 N–H and O–H groups in total. The van der Waals surface area contributed by atoms with Crippen LogP contribution in [0.4, 0.5) is 0 Å². The van der Waals surface area contributed by atoms with Crippen LogP contribution in [0.2, 0.25) is 0 Å². The highest BCUT2D eigenvalue weighted by atomic mass is 32.1. The topological polar surface area (TPSA) is 54.5 Å². The predicted octanol–water partition coefficient (Wildman–Crippen LogP) is 3.67. The summed E-state index contributed by atoms with van der Waals surface area (Å²) in [7, 11) is 0. The van der Waals surface area contributed by atoms with E-state index in [1.165, 1.54) is 16.2 Å². The van der Waals surface area contributed by atoms with Crippen LogP contribution in [0.25, 0.3) is 10.6 Å². The Bertz CT molecular complexity index is 859. The smallest absolute Gasteiger partial charge is 0.270 e. The molecule has 2 aromatic heterocycles. The summed E-state index contributed by atoms with van der Waals surface area (Å²) in [4.78, 5) is 20.8. The second kappa shape index (κ2) is 8.75. The number of carbonyl (C=O) groups excluding carboxylic acids is 1. The zero-order chi connectivity index (χ0) is 18.5. The van der Waals surface area contributed by atoms with Crippen LogP contribution >= 0.6 is 22.7 Å². The van der Waals surface area contributed by atoms with E-state index in [1.54, 1.807) is 11.3 Å². The summed E-state index contributed by atoms with van der Waals surface area (Å²) in [5.74, 6) is -0.122. The number of amides is 1. The molecule has 1 aliphatic rings. The largest absolute Gasteiger partial charge is 0.379 e. The number of hydrogen-bond donors (Lipinski definition) is 1. The molecular weight excluding hydrogens is 378 g/mol. The Morgan fingerprint density at radius 1 is 1.15 bits per heavy atom. The number of thiazole rings is 1. The van der Waals surface area contributed by atoms with Crippen LogP contribution in [0, 0.1) is 0 Å². The van der Waals surface area contributed by atoms with E-state index in [9.17, 15) is 4.79 Å². The van der Waals surface area contributed by atoms with Gasteiger partial charge in [0.2, 0.25) is 0 Å². The second-order valence-electron chi connectivity index (χ2n) is 6.29. The van der Waals surface area contributed by atoms with Crippen molar-refractivity contribution < 1.29 is 9.53 Å². The van der Waals surface area contributed by atoms with Gasteiger partial charge in [-0.15, -0.1) is 22.7 Å². The quantitative estimate of drug-likeness (QED) is 0.687. The standard InChI is InChI=1S/C20H21N3O2S2/c24-19(16-14-27-20(22-16)15-5-2-1-3-6-15)21-13-17(18-7-4-12-26-18)23-8-10-25-11-9-23/h1-7,12,14,17H,8-11,13H2,(H,21,24). The van der Waals surface area contributed by atoms with Gasteiger partial charge < -0.3 is 10.1 Å². The van der Waals surface area contributed by atoms with Gasteiger partial charge in [0.15, 0.2) is 0 Å². The van der Waals surface area contributed by atoms with Gasteiger partial charge in [-0.05, 0) is 11.4 Å². The molecule has 0 radical (unpaired) electrons. The Labute approximate surface area is 166 Å². The van der Waals surface area contributed by atoms with Crippen LogP contribution in [0.1, 0.15) is 21.4 Å². The third kappa shape index (κ3) is 4.44. The molecule has 0 saturated carbocycles. The van der Waals surface area contributed by atoms with E-state index < -0.39 is 0 Å². The van der Waals surface area contributed by atoms with Gasteiger partial charge >= 0.3 is 0 Å². The lowest BCUT2D eigenvalue weighted by atomic mass is 10.2. The van der Waals surface area contributed by atoms with Crippen LogP contribution in [0.15, 0.2) is 53.2 Å². The molecular formula is C20H21N3O2S2. The molecule has 1 aliphatic heterocycles. The third-order valence-corrected chi connectivity index (χ3v) is 6.44. The summed E-state index contributed by atoms with van der Waals surface area (Å²) >= 11 is 3.22. The van der Waals surface area contributed by atoms with E-state index in [-0.39, 0.29) is 11.9 Å². The molecule has 1 atom stereocenters. The lowest BCUT2D eigenvalue weighted by molar-refractivity contribution is 0.0169. The SMILES string of the molecule is O=C(NCC(c1cccs1)N1CCOCC1)c1csc(-c2ccccc2)n1. The summed E-state index contributed by atoms with van der Waals surface area (Å²) in [6, 6.07) is 14.3. The molecule has 0 bridgehead atoms. The lowest BCUT2D eigenvalue weighted by Crippen LogP contribution is -2.43. The number of benzene rings is 1. The number of nitrogens with one attached hydrogen (secondary N) is 1. The molecule has 1 aromatic carbocycles. The van der Waals surface area contributed by atoms with Crippen molar-refractivity contribution >= 4 is 28.6 Å². The van der Waals surface area contributed by atoms with Crippen molar-refractivity contribution in [2.75, 3.05) is 32.8 Å². The van der Waals surface area contributed by atoms with Gasteiger partial charge in [-0.25, -0.2) is 4.98 Å². The highest BCUT2D eigenvalue weighted by molar-refractivity contribution is 7.13. The maximum atomic E-state index is 12.6. The lowest BCUT2D eigenvalue weighted by Gasteiger charge is -2.34. The van der Waals surface area contributed by atoms with Crippen molar-refractivity contribution in [3.63, 3.8) is 0 Å². The van der Waals surface area contributed by atoms with E-state index in [4.69, 9.17) is 4.74 Å². The Balaban J connectivity index is 1.43. The number of nitrogens with zero attached hydrogens (tertiary/aromatic N) is 2. The summed E-state index contributed by atoms with van der Waals surface area (Å²) < 4.78 is 5.47. The fourth-order valence-corrected chi connectivity index (χ4v) is 4.82. The highest BCUT2D eigenvalue weighted by Crippen LogP contribution is 2.26. The molecule has 7 heteroatoms. The van der Waals surface area contributed by atoms with Crippen LogP contribution in [0.5, 0.6) is 0 Å². The zero-order valence-corrected chi connectivity index (χ0v) is 16.5. The number of rotatable bonds is 6. The Kier molecular flexibility index (Phi) is 5.94. The number of thiophene rings is 1. The number of hydrogen-bond acceptors (Lipinski definition) is 6. The van der Waals surface area contributed by atoms with Gasteiger partial charge in [0.1, 0.15) is 10.7 Å². The summed E-state index contributed by atoms with van der Waals surface area (Å²) in [6.07, 6.45) is 0. The van der Waals surface area contributed by atoms with Gasteiger partial charge in [0, 0.05) is 35.5 Å². The van der Waals surface area contributed by atoms with Crippen LogP contribution in [-0.4, -0.2) is 48.6 Å². The second-order valence-corrected chi connectivity index (χ2v) is 8.13. The van der Waals surface area contributed by atoms with E-state index in [1.807, 2.05) is 35.7 Å². The molecule has 140 valence electrons. The fourth-order valence-electron chi connectivity index (χ4n) is 3.15. The first-order chi connectivity index (χ1) is 13.3. The van der Waals surface area contributed by atoms with Crippen molar-refractivity contribution in [3.05, 3.63) is 63.8 Å². The molecule has 0 aliphatic carbocycles. The Hall–Kier alpha value is -2.06. The van der Waals surface area contributed by atoms with Crippen LogP contribution in [0.3, 0.4) is 0 Å². The first kappa shape index (κ1) is 18.3. The third-order valence-electron chi connectivity index (χ3n) is 4.57. The summed E-state index contributed by atoms with van der Waals surface area (Å²) in [6.45, 7) is 3.81. The fraction of sp³-hybridized carbons (Fsp3) is 0.300. The monoisotopic (exact) mass is 399 g/mol. The number of morpholine rings is 1. The van der Waals surface area contributed by atoms with Gasteiger partial charge in [-0.2, -0.15) is 0 Å². The average molecular weight is 400 g/mol. The van der Waals surface area contributed by atoms with E-state index in [0.29, 0.717) is 12.2 Å². The molecule has 5 nitrogen and oxygen atoms in total. The molecule has 27 heavy (non-hydrogen) atoms. The average Bonchev–Trinajstić information content (AvgIpc) is 3.42. The van der Waals surface area contributed by atoms with Crippen LogP contribution in [-0.2, 0) is 4.74 Å². The van der Waals surface area contributed by atoms with E-state index in [0.717, 1.165) is 36.9 Å². The molecule has 4 rings (SSSR count). The maximum Gasteiger partial charge on any atom is 0.270 e. The highest BCUT2D eigenvalue weighted by Gasteiger charge is 2.24. The van der Waals surface area contributed by atoms with Crippen molar-refractivity contribution in [1.29, 1.82) is 0 Å². The van der Waals surface area contributed by atoms with Crippen LogP contribution < -0.4 is 5.32 Å². The number of ether oxygens (including phenoxy) is 1. The van der Waals surface area contributed by atoms with Gasteiger partial charge in [-0.1, -0.05) is 36.4 Å². The molecule has 3 heterocycles. The molecule has 1 saturated heterocycles. The Morgan fingerprint density at radius 3 is 2.70 bits per heavy atom. The molecule has 0 spiro atoms. The first-order valence-corrected chi connectivity index (χ1v) is 10.7. The van der Waals surface area contributed by atoms with Crippen molar-refractivity contribution in [1.82, 2.24) is 15.2 Å². The molecule has 1 unspecified atom stereocenters. The minimum atomic E-state index is -0.122. The van der Waals surface area contributed by atoms with E-state index in [2.05, 4.69) is 32.7 Å². The van der Waals surface area contributed by atoms with Gasteiger partial charge in [-0.3, -0.25) is 9.69 Å². The van der Waals surface area contributed by atoms with Crippen molar-refractivity contribution in [3.8, 4) is 10.6 Å². The number of aromatic nitrogens is 1. The molecule has 3 aromatic rings. The molecule has 1 fully saturated rings. The summed E-state index contributed by atoms with van der Waals surface area (Å²) in [5, 5.41) is 7.85. The molecule has 1 amide bonds. The Morgan fingerprint density at radius 2 is 1.96 bits per heavy atom. The normalized spacial score (nSPS) is 16.1. The van der Waals surface area contributed by atoms with Crippen molar-refractivity contribution in [2.24, 2.45) is 0 Å².